The van der Waals surface area contributed by atoms with Crippen molar-refractivity contribution in [2.24, 2.45) is 0 Å². The van der Waals surface area contributed by atoms with Gasteiger partial charge in [0.25, 0.3) is 5.91 Å². The van der Waals surface area contributed by atoms with Gasteiger partial charge in [-0.3, -0.25) is 9.59 Å². The van der Waals surface area contributed by atoms with E-state index in [0.29, 0.717) is 24.3 Å². The number of benzene rings is 3. The largest absolute Gasteiger partial charge is 0.494 e. The normalized spacial score (nSPS) is 11.3. The summed E-state index contributed by atoms with van der Waals surface area (Å²) in [5.74, 6) is 0.180. The van der Waals surface area contributed by atoms with Gasteiger partial charge in [-0.15, -0.1) is 0 Å². The van der Waals surface area contributed by atoms with Crippen molar-refractivity contribution in [3.8, 4) is 5.75 Å². The van der Waals surface area contributed by atoms with Crippen LogP contribution in [0.5, 0.6) is 5.75 Å². The van der Waals surface area contributed by atoms with Gasteiger partial charge in [-0.1, -0.05) is 48.5 Å². The molecule has 2 amide bonds. The summed E-state index contributed by atoms with van der Waals surface area (Å²) in [5, 5.41) is 5.74. The first kappa shape index (κ1) is 20.1. The van der Waals surface area contributed by atoms with Gasteiger partial charge in [0.1, 0.15) is 11.8 Å². The van der Waals surface area contributed by atoms with Gasteiger partial charge in [0.15, 0.2) is 0 Å². The van der Waals surface area contributed by atoms with Crippen LogP contribution in [0.2, 0.25) is 0 Å². The van der Waals surface area contributed by atoms with E-state index in [2.05, 4.69) is 10.6 Å². The summed E-state index contributed by atoms with van der Waals surface area (Å²) in [6.07, 6.45) is 0.391. The lowest BCUT2D eigenvalue weighted by molar-refractivity contribution is -0.118. The van der Waals surface area contributed by atoms with Gasteiger partial charge in [-0.25, -0.2) is 0 Å². The predicted molar refractivity (Wildman–Crippen MR) is 114 cm³/mol. The highest BCUT2D eigenvalue weighted by molar-refractivity contribution is 6.01. The number of carbonyl (C=O) groups is 2. The van der Waals surface area contributed by atoms with Crippen LogP contribution >= 0.6 is 0 Å². The number of carbonyl (C=O) groups excluding carboxylic acids is 2. The molecule has 29 heavy (non-hydrogen) atoms. The van der Waals surface area contributed by atoms with Gasteiger partial charge in [0.05, 0.1) is 6.61 Å². The van der Waals surface area contributed by atoms with Crippen molar-refractivity contribution in [3.05, 3.63) is 96.1 Å². The molecule has 2 N–H and O–H groups in total. The molecule has 0 bridgehead atoms. The minimum atomic E-state index is -0.711. The van der Waals surface area contributed by atoms with Crippen LogP contribution in [0.3, 0.4) is 0 Å². The fourth-order valence-corrected chi connectivity index (χ4v) is 2.92. The van der Waals surface area contributed by atoms with Gasteiger partial charge >= 0.3 is 0 Å². The molecular formula is C24H24N2O3. The third-order valence-corrected chi connectivity index (χ3v) is 4.37. The second kappa shape index (κ2) is 10.1. The summed E-state index contributed by atoms with van der Waals surface area (Å²) in [5.41, 5.74) is 2.12. The van der Waals surface area contributed by atoms with Crippen molar-refractivity contribution in [2.75, 3.05) is 11.9 Å². The van der Waals surface area contributed by atoms with Gasteiger partial charge in [-0.05, 0) is 48.9 Å². The standard InChI is InChI=1S/C24H24N2O3/c1-2-29-21-15-13-20(14-16-21)25-24(28)22(17-18-9-5-3-6-10-18)26-23(27)19-11-7-4-8-12-19/h3-16,22H,2,17H2,1H3,(H,25,28)(H,26,27). The van der Waals surface area contributed by atoms with Crippen LogP contribution in [-0.4, -0.2) is 24.5 Å². The fourth-order valence-electron chi connectivity index (χ4n) is 2.92. The minimum absolute atomic E-state index is 0.276. The van der Waals surface area contributed by atoms with E-state index in [1.54, 1.807) is 48.5 Å². The Bertz CT molecular complexity index is 925. The van der Waals surface area contributed by atoms with Gasteiger partial charge < -0.3 is 15.4 Å². The second-order valence-corrected chi connectivity index (χ2v) is 6.53. The molecule has 0 radical (unpaired) electrons. The number of rotatable bonds is 8. The van der Waals surface area contributed by atoms with Crippen LogP contribution < -0.4 is 15.4 Å². The van der Waals surface area contributed by atoms with Gasteiger partial charge in [-0.2, -0.15) is 0 Å². The zero-order valence-electron chi connectivity index (χ0n) is 16.3. The van der Waals surface area contributed by atoms with Crippen molar-refractivity contribution in [1.82, 2.24) is 5.32 Å². The zero-order chi connectivity index (χ0) is 20.5. The average molecular weight is 388 g/mol. The summed E-state index contributed by atoms with van der Waals surface area (Å²) in [6.45, 7) is 2.50. The predicted octanol–water partition coefficient (Wildman–Crippen LogP) is 4.07. The maximum Gasteiger partial charge on any atom is 0.251 e. The van der Waals surface area contributed by atoms with Crippen LogP contribution in [0.4, 0.5) is 5.69 Å². The third kappa shape index (κ3) is 5.94. The molecule has 0 saturated heterocycles. The molecule has 5 heteroatoms. The third-order valence-electron chi connectivity index (χ3n) is 4.37. The maximum absolute atomic E-state index is 12.9. The van der Waals surface area contributed by atoms with Gasteiger partial charge in [0, 0.05) is 17.7 Å². The molecule has 1 atom stereocenters. The van der Waals surface area contributed by atoms with Crippen LogP contribution in [0.15, 0.2) is 84.9 Å². The number of amides is 2. The highest BCUT2D eigenvalue weighted by Crippen LogP contribution is 2.16. The lowest BCUT2D eigenvalue weighted by atomic mass is 10.0. The summed E-state index contributed by atoms with van der Waals surface area (Å²) in [6, 6.07) is 24.9. The molecule has 0 aliphatic heterocycles. The lowest BCUT2D eigenvalue weighted by Crippen LogP contribution is -2.45. The Balaban J connectivity index is 1.74. The lowest BCUT2D eigenvalue weighted by Gasteiger charge is -2.19. The van der Waals surface area contributed by atoms with Crippen molar-refractivity contribution < 1.29 is 14.3 Å². The molecule has 3 aromatic rings. The van der Waals surface area contributed by atoms with Crippen LogP contribution in [0, 0.1) is 0 Å². The highest BCUT2D eigenvalue weighted by atomic mass is 16.5. The summed E-state index contributed by atoms with van der Waals surface area (Å²) < 4.78 is 5.42. The molecule has 3 rings (SSSR count). The van der Waals surface area contributed by atoms with Crippen molar-refractivity contribution >= 4 is 17.5 Å². The maximum atomic E-state index is 12.9. The van der Waals surface area contributed by atoms with Crippen LogP contribution in [0.25, 0.3) is 0 Å². The number of ether oxygens (including phenoxy) is 1. The number of hydrogen-bond acceptors (Lipinski definition) is 3. The van der Waals surface area contributed by atoms with E-state index in [4.69, 9.17) is 4.74 Å². The average Bonchev–Trinajstić information content (AvgIpc) is 2.76. The Kier molecular flexibility index (Phi) is 7.00. The first-order valence-electron chi connectivity index (χ1n) is 9.59. The smallest absolute Gasteiger partial charge is 0.251 e. The Morgan fingerprint density at radius 1 is 0.862 bits per heavy atom. The summed E-state index contributed by atoms with van der Waals surface area (Å²) in [4.78, 5) is 25.5. The van der Waals surface area contributed by atoms with E-state index in [0.717, 1.165) is 11.3 Å². The zero-order valence-corrected chi connectivity index (χ0v) is 16.3. The fraction of sp³-hybridized carbons (Fsp3) is 0.167. The minimum Gasteiger partial charge on any atom is -0.494 e. The second-order valence-electron chi connectivity index (χ2n) is 6.53. The quantitative estimate of drug-likeness (QED) is 0.611. The molecule has 5 nitrogen and oxygen atoms in total. The van der Waals surface area contributed by atoms with Crippen molar-refractivity contribution in [3.63, 3.8) is 0 Å². The first-order chi connectivity index (χ1) is 14.2. The Hall–Kier alpha value is -3.60. The molecule has 1 unspecified atom stereocenters. The molecule has 3 aromatic carbocycles. The summed E-state index contributed by atoms with van der Waals surface area (Å²) in [7, 11) is 0. The molecule has 0 saturated carbocycles. The van der Waals surface area contributed by atoms with E-state index >= 15 is 0 Å². The molecule has 0 aliphatic rings. The van der Waals surface area contributed by atoms with Crippen LogP contribution in [-0.2, 0) is 11.2 Å². The Morgan fingerprint density at radius 2 is 1.48 bits per heavy atom. The molecule has 0 aliphatic carbocycles. The molecule has 0 spiro atoms. The van der Waals surface area contributed by atoms with Crippen molar-refractivity contribution in [2.45, 2.75) is 19.4 Å². The SMILES string of the molecule is CCOc1ccc(NC(=O)C(Cc2ccccc2)NC(=O)c2ccccc2)cc1. The summed E-state index contributed by atoms with van der Waals surface area (Å²) >= 11 is 0. The monoisotopic (exact) mass is 388 g/mol. The molecule has 0 aromatic heterocycles. The molecule has 0 fully saturated rings. The van der Waals surface area contributed by atoms with Gasteiger partial charge in [0.2, 0.25) is 5.91 Å². The van der Waals surface area contributed by atoms with E-state index < -0.39 is 6.04 Å². The molecule has 0 heterocycles. The van der Waals surface area contributed by atoms with E-state index in [9.17, 15) is 9.59 Å². The van der Waals surface area contributed by atoms with Crippen LogP contribution in [0.1, 0.15) is 22.8 Å². The van der Waals surface area contributed by atoms with Crippen molar-refractivity contribution in [1.29, 1.82) is 0 Å². The Labute approximate surface area is 170 Å². The topological polar surface area (TPSA) is 67.4 Å². The number of hydrogen-bond donors (Lipinski definition) is 2. The molecule has 148 valence electrons. The Morgan fingerprint density at radius 3 is 2.10 bits per heavy atom. The van der Waals surface area contributed by atoms with E-state index in [1.165, 1.54) is 0 Å². The number of nitrogens with one attached hydrogen (secondary N) is 2. The first-order valence-corrected chi connectivity index (χ1v) is 9.59. The van der Waals surface area contributed by atoms with E-state index in [-0.39, 0.29) is 11.8 Å². The van der Waals surface area contributed by atoms with E-state index in [1.807, 2.05) is 43.3 Å². The number of anilines is 1. The highest BCUT2D eigenvalue weighted by Gasteiger charge is 2.22. The molecular weight excluding hydrogens is 364 g/mol.